The summed E-state index contributed by atoms with van der Waals surface area (Å²) in [4.78, 5) is 29.0. The molecular weight excluding hydrogens is 679 g/mol. The van der Waals surface area contributed by atoms with Gasteiger partial charge < -0.3 is 14.6 Å². The summed E-state index contributed by atoms with van der Waals surface area (Å²) in [6.45, 7) is 4.46. The SMILES string of the molecule is Cc1ccc(CSc2nnc(N3C(=O)C(=O)/C(=C(/O)c4ccc(OCc5ccccc5C)cc4)C3c3cccc(Oc4ccccc4)c3)s2)cc1. The van der Waals surface area contributed by atoms with Gasteiger partial charge in [-0.1, -0.05) is 108 Å². The Balaban J connectivity index is 1.22. The summed E-state index contributed by atoms with van der Waals surface area (Å²) in [6, 6.07) is 38.5. The molecule has 1 amide bonds. The van der Waals surface area contributed by atoms with E-state index in [4.69, 9.17) is 9.47 Å². The zero-order valence-corrected chi connectivity index (χ0v) is 29.5. The van der Waals surface area contributed by atoms with Gasteiger partial charge in [0.1, 0.15) is 29.6 Å². The molecule has 1 unspecified atom stereocenters. The molecule has 0 saturated carbocycles. The topological polar surface area (TPSA) is 102 Å². The number of ether oxygens (including phenoxy) is 2. The van der Waals surface area contributed by atoms with Gasteiger partial charge in [0.15, 0.2) is 4.34 Å². The number of hydrogen-bond donors (Lipinski definition) is 1. The summed E-state index contributed by atoms with van der Waals surface area (Å²) >= 11 is 2.72. The third kappa shape index (κ3) is 7.57. The van der Waals surface area contributed by atoms with Gasteiger partial charge >= 0.3 is 5.91 Å². The maximum absolute atomic E-state index is 13.9. The van der Waals surface area contributed by atoms with Crippen molar-refractivity contribution >= 4 is 45.7 Å². The lowest BCUT2D eigenvalue weighted by Crippen LogP contribution is -2.29. The Hall–Kier alpha value is -5.71. The van der Waals surface area contributed by atoms with Crippen molar-refractivity contribution in [3.8, 4) is 17.2 Å². The Morgan fingerprint density at radius 2 is 1.53 bits per heavy atom. The van der Waals surface area contributed by atoms with Crippen LogP contribution in [0.3, 0.4) is 0 Å². The zero-order chi connectivity index (χ0) is 35.3. The maximum atomic E-state index is 13.9. The number of aromatic nitrogens is 2. The largest absolute Gasteiger partial charge is 0.507 e. The highest BCUT2D eigenvalue weighted by Crippen LogP contribution is 2.45. The van der Waals surface area contributed by atoms with E-state index in [2.05, 4.69) is 34.5 Å². The molecule has 1 N–H and O–H groups in total. The van der Waals surface area contributed by atoms with E-state index in [1.54, 1.807) is 48.5 Å². The molecule has 0 spiro atoms. The van der Waals surface area contributed by atoms with E-state index < -0.39 is 17.7 Å². The zero-order valence-electron chi connectivity index (χ0n) is 27.9. The lowest BCUT2D eigenvalue weighted by molar-refractivity contribution is -0.132. The van der Waals surface area contributed by atoms with Gasteiger partial charge in [-0.2, -0.15) is 0 Å². The number of thioether (sulfide) groups is 1. The second kappa shape index (κ2) is 15.0. The molecule has 10 heteroatoms. The fourth-order valence-corrected chi connectivity index (χ4v) is 7.53. The van der Waals surface area contributed by atoms with Crippen LogP contribution in [0.4, 0.5) is 5.13 Å². The van der Waals surface area contributed by atoms with Gasteiger partial charge in [0, 0.05) is 11.3 Å². The summed E-state index contributed by atoms with van der Waals surface area (Å²) in [7, 11) is 0. The van der Waals surface area contributed by atoms with Crippen LogP contribution in [0.5, 0.6) is 17.2 Å². The molecule has 0 radical (unpaired) electrons. The van der Waals surface area contributed by atoms with Crippen LogP contribution < -0.4 is 14.4 Å². The number of hydrogen-bond acceptors (Lipinski definition) is 9. The van der Waals surface area contributed by atoms with Crippen molar-refractivity contribution in [1.82, 2.24) is 10.2 Å². The van der Waals surface area contributed by atoms with Crippen molar-refractivity contribution in [2.24, 2.45) is 0 Å². The minimum Gasteiger partial charge on any atom is -0.507 e. The Labute approximate surface area is 304 Å². The third-order valence-corrected chi connectivity index (χ3v) is 10.6. The summed E-state index contributed by atoms with van der Waals surface area (Å²) in [5.41, 5.74) is 5.37. The molecule has 1 aliphatic rings. The molecule has 254 valence electrons. The molecule has 1 aromatic heterocycles. The predicted molar refractivity (Wildman–Crippen MR) is 200 cm³/mol. The number of nitrogens with zero attached hydrogens (tertiary/aromatic N) is 3. The molecule has 1 saturated heterocycles. The normalized spacial score (nSPS) is 15.3. The standard InChI is InChI=1S/C41H33N3O5S2/c1-26-15-17-28(18-16-26)25-50-41-43-42-40(51-41)44-36(30-11-8-14-34(23-30)49-33-12-4-3-5-13-33)35(38(46)39(44)47)37(45)29-19-21-32(22-20-29)48-24-31-10-7-6-9-27(31)2/h3-23,36,45H,24-25H2,1-2H3/b37-35+. The van der Waals surface area contributed by atoms with Crippen LogP contribution in [-0.2, 0) is 21.9 Å². The first kappa shape index (κ1) is 33.8. The van der Waals surface area contributed by atoms with Crippen LogP contribution in [0.25, 0.3) is 5.76 Å². The number of para-hydroxylation sites is 1. The fraction of sp³-hybridized carbons (Fsp3) is 0.122. The van der Waals surface area contributed by atoms with Crippen LogP contribution >= 0.6 is 23.1 Å². The van der Waals surface area contributed by atoms with Crippen molar-refractivity contribution in [2.45, 2.75) is 36.6 Å². The molecule has 0 aliphatic carbocycles. The maximum Gasteiger partial charge on any atom is 0.301 e. The van der Waals surface area contributed by atoms with Gasteiger partial charge in [-0.05, 0) is 84.6 Å². The Morgan fingerprint density at radius 1 is 0.804 bits per heavy atom. The van der Waals surface area contributed by atoms with Crippen molar-refractivity contribution in [1.29, 1.82) is 0 Å². The van der Waals surface area contributed by atoms with Gasteiger partial charge in [-0.25, -0.2) is 0 Å². The highest BCUT2D eigenvalue weighted by atomic mass is 32.2. The van der Waals surface area contributed by atoms with Crippen LogP contribution in [-0.4, -0.2) is 27.0 Å². The predicted octanol–water partition coefficient (Wildman–Crippen LogP) is 9.44. The Kier molecular flexibility index (Phi) is 9.96. The second-order valence-corrected chi connectivity index (χ2v) is 14.2. The van der Waals surface area contributed by atoms with Gasteiger partial charge in [0.25, 0.3) is 5.78 Å². The minimum absolute atomic E-state index is 0.0606. The summed E-state index contributed by atoms with van der Waals surface area (Å²) in [6.07, 6.45) is 0. The third-order valence-electron chi connectivity index (χ3n) is 8.47. The van der Waals surface area contributed by atoms with Gasteiger partial charge in [-0.3, -0.25) is 14.5 Å². The van der Waals surface area contributed by atoms with Crippen molar-refractivity contribution in [2.75, 3.05) is 4.90 Å². The highest BCUT2D eigenvalue weighted by molar-refractivity contribution is 8.00. The van der Waals surface area contributed by atoms with Crippen molar-refractivity contribution in [3.63, 3.8) is 0 Å². The quantitative estimate of drug-likeness (QED) is 0.0467. The lowest BCUT2D eigenvalue weighted by Gasteiger charge is -2.23. The fourth-order valence-electron chi connectivity index (χ4n) is 5.70. The smallest absolute Gasteiger partial charge is 0.301 e. The van der Waals surface area contributed by atoms with Crippen LogP contribution in [0.15, 0.2) is 137 Å². The number of amides is 1. The Bertz CT molecular complexity index is 2220. The molecule has 1 atom stereocenters. The van der Waals surface area contributed by atoms with Gasteiger partial charge in [0.2, 0.25) is 5.13 Å². The monoisotopic (exact) mass is 711 g/mol. The number of Topliss-reactive ketones (excluding diaryl/α,β-unsaturated/α-hetero) is 1. The first-order chi connectivity index (χ1) is 24.8. The molecule has 0 bridgehead atoms. The van der Waals surface area contributed by atoms with Gasteiger partial charge in [0.05, 0.1) is 11.6 Å². The first-order valence-corrected chi connectivity index (χ1v) is 18.1. The van der Waals surface area contributed by atoms with E-state index in [-0.39, 0.29) is 16.5 Å². The average Bonchev–Trinajstić information content (AvgIpc) is 3.73. The first-order valence-electron chi connectivity index (χ1n) is 16.3. The number of aliphatic hydroxyl groups is 1. The minimum atomic E-state index is -0.996. The molecular formula is C41H33N3O5S2. The van der Waals surface area contributed by atoms with Crippen LogP contribution in [0.1, 0.15) is 39.4 Å². The number of carbonyl (C=O) groups is 2. The number of benzene rings is 5. The van der Waals surface area contributed by atoms with Gasteiger partial charge in [-0.15, -0.1) is 10.2 Å². The average molecular weight is 712 g/mol. The summed E-state index contributed by atoms with van der Waals surface area (Å²) in [5, 5.41) is 20.7. The van der Waals surface area contributed by atoms with Crippen LogP contribution in [0.2, 0.25) is 0 Å². The van der Waals surface area contributed by atoms with E-state index in [1.165, 1.54) is 33.6 Å². The summed E-state index contributed by atoms with van der Waals surface area (Å²) < 4.78 is 12.7. The molecule has 1 aliphatic heterocycles. The highest BCUT2D eigenvalue weighted by Gasteiger charge is 2.48. The molecule has 8 nitrogen and oxygen atoms in total. The van der Waals surface area contributed by atoms with E-state index in [9.17, 15) is 14.7 Å². The number of anilines is 1. The molecule has 7 rings (SSSR count). The molecule has 5 aromatic carbocycles. The van der Waals surface area contributed by atoms with Crippen LogP contribution in [0, 0.1) is 13.8 Å². The number of aliphatic hydroxyl groups excluding tert-OH is 1. The van der Waals surface area contributed by atoms with Crippen molar-refractivity contribution < 1.29 is 24.2 Å². The number of ketones is 1. The van der Waals surface area contributed by atoms with E-state index in [0.717, 1.165) is 16.7 Å². The molecule has 6 aromatic rings. The van der Waals surface area contributed by atoms with Crippen molar-refractivity contribution in [3.05, 3.63) is 166 Å². The number of aryl methyl sites for hydroxylation is 2. The lowest BCUT2D eigenvalue weighted by atomic mass is 9.95. The Morgan fingerprint density at radius 3 is 2.29 bits per heavy atom. The second-order valence-electron chi connectivity index (χ2n) is 12.0. The number of carbonyl (C=O) groups excluding carboxylic acids is 2. The molecule has 51 heavy (non-hydrogen) atoms. The van der Waals surface area contributed by atoms with E-state index in [1.807, 2.05) is 68.4 Å². The summed E-state index contributed by atoms with van der Waals surface area (Å²) in [5.74, 6) is 0.469. The molecule has 1 fully saturated rings. The van der Waals surface area contributed by atoms with E-state index >= 15 is 0 Å². The number of rotatable bonds is 11. The van der Waals surface area contributed by atoms with E-state index in [0.29, 0.717) is 45.1 Å². The molecule has 2 heterocycles.